The van der Waals surface area contributed by atoms with Crippen molar-refractivity contribution in [3.05, 3.63) is 48.2 Å². The first-order valence-electron chi connectivity index (χ1n) is 5.23. The van der Waals surface area contributed by atoms with Crippen molar-refractivity contribution >= 4 is 17.4 Å². The van der Waals surface area contributed by atoms with Gasteiger partial charge in [-0.2, -0.15) is 0 Å². The topological polar surface area (TPSA) is 100 Å². The fraction of sp³-hybridized carbons (Fsp3) is 0. The number of nitrogens with zero attached hydrogens (tertiary/aromatic N) is 1. The Morgan fingerprint density at radius 1 is 1.22 bits per heavy atom. The predicted molar refractivity (Wildman–Crippen MR) is 67.8 cm³/mol. The number of carbonyl (C=O) groups excluding carboxylic acids is 1. The molecule has 0 aliphatic rings. The van der Waals surface area contributed by atoms with Gasteiger partial charge in [0.2, 0.25) is 0 Å². The summed E-state index contributed by atoms with van der Waals surface area (Å²) in [6.07, 6.45) is 1.55. The Morgan fingerprint density at radius 2 is 2.00 bits per heavy atom. The summed E-state index contributed by atoms with van der Waals surface area (Å²) in [5.74, 6) is -0.217. The number of phenolic OH excluding ortho intramolecular Hbond substituents is 1. The maximum atomic E-state index is 11.7. The lowest BCUT2D eigenvalue weighted by Crippen LogP contribution is -2.30. The maximum Gasteiger partial charge on any atom is 0.273 e. The average Bonchev–Trinajstić information content (AvgIpc) is 2.38. The fourth-order valence-corrected chi connectivity index (χ4v) is 1.37. The van der Waals surface area contributed by atoms with Gasteiger partial charge in [0, 0.05) is 6.20 Å². The van der Waals surface area contributed by atoms with Crippen LogP contribution in [0.15, 0.2) is 42.6 Å². The van der Waals surface area contributed by atoms with Crippen LogP contribution in [0.2, 0.25) is 0 Å². The van der Waals surface area contributed by atoms with E-state index in [1.807, 2.05) is 0 Å². The first kappa shape index (κ1) is 11.7. The summed E-state index contributed by atoms with van der Waals surface area (Å²) in [7, 11) is 0. The number of nitrogen functional groups attached to an aromatic ring is 1. The van der Waals surface area contributed by atoms with Gasteiger partial charge >= 0.3 is 0 Å². The molecule has 1 amide bonds. The zero-order chi connectivity index (χ0) is 13.0. The van der Waals surface area contributed by atoms with Gasteiger partial charge in [-0.15, -0.1) is 0 Å². The van der Waals surface area contributed by atoms with Gasteiger partial charge in [-0.1, -0.05) is 12.1 Å². The summed E-state index contributed by atoms with van der Waals surface area (Å²) < 4.78 is 0. The van der Waals surface area contributed by atoms with Crippen molar-refractivity contribution in [3.8, 4) is 5.75 Å². The fourth-order valence-electron chi connectivity index (χ4n) is 1.37. The minimum Gasteiger partial charge on any atom is -0.507 e. The molecule has 6 nitrogen and oxygen atoms in total. The largest absolute Gasteiger partial charge is 0.507 e. The third kappa shape index (κ3) is 2.49. The molecule has 0 aliphatic heterocycles. The van der Waals surface area contributed by atoms with Crippen LogP contribution in [0, 0.1) is 0 Å². The Labute approximate surface area is 103 Å². The van der Waals surface area contributed by atoms with Crippen LogP contribution in [0.25, 0.3) is 0 Å². The van der Waals surface area contributed by atoms with Gasteiger partial charge in [0.25, 0.3) is 5.91 Å². The first-order chi connectivity index (χ1) is 8.68. The SMILES string of the molecule is Nc1cccnc1NNC(=O)c1ccccc1O. The molecule has 0 spiro atoms. The number of hydrogen-bond acceptors (Lipinski definition) is 5. The summed E-state index contributed by atoms with van der Waals surface area (Å²) in [5, 5.41) is 9.50. The Hall–Kier alpha value is -2.76. The van der Waals surface area contributed by atoms with Crippen LogP contribution < -0.4 is 16.6 Å². The summed E-state index contributed by atoms with van der Waals surface area (Å²) in [6.45, 7) is 0. The molecule has 6 heteroatoms. The van der Waals surface area contributed by atoms with Crippen LogP contribution in [0.4, 0.5) is 11.5 Å². The molecule has 2 aromatic rings. The molecule has 0 saturated carbocycles. The Balaban J connectivity index is 2.06. The number of carbonyl (C=O) groups is 1. The van der Waals surface area contributed by atoms with Crippen LogP contribution in [-0.2, 0) is 0 Å². The minimum absolute atomic E-state index is 0.0919. The lowest BCUT2D eigenvalue weighted by Gasteiger charge is -2.09. The van der Waals surface area contributed by atoms with Crippen molar-refractivity contribution in [2.45, 2.75) is 0 Å². The molecule has 18 heavy (non-hydrogen) atoms. The molecule has 0 aliphatic carbocycles. The number of benzene rings is 1. The van der Waals surface area contributed by atoms with Crippen molar-refractivity contribution < 1.29 is 9.90 Å². The molecule has 0 atom stereocenters. The van der Waals surface area contributed by atoms with Crippen LogP contribution in [0.1, 0.15) is 10.4 Å². The van der Waals surface area contributed by atoms with E-state index in [0.29, 0.717) is 11.5 Å². The summed E-state index contributed by atoms with van der Waals surface area (Å²) in [5.41, 5.74) is 11.2. The van der Waals surface area contributed by atoms with Crippen LogP contribution in [0.5, 0.6) is 5.75 Å². The van der Waals surface area contributed by atoms with E-state index in [0.717, 1.165) is 0 Å². The minimum atomic E-state index is -0.474. The molecule has 1 aromatic heterocycles. The number of phenols is 1. The number of pyridine rings is 1. The quantitative estimate of drug-likeness (QED) is 0.606. The predicted octanol–water partition coefficient (Wildman–Crippen LogP) is 1.13. The highest BCUT2D eigenvalue weighted by Crippen LogP contribution is 2.16. The number of hydrogen-bond donors (Lipinski definition) is 4. The molecule has 5 N–H and O–H groups in total. The van der Waals surface area contributed by atoms with Gasteiger partial charge in [0.1, 0.15) is 5.75 Å². The Kier molecular flexibility index (Phi) is 3.29. The number of aromatic hydroxyl groups is 1. The van der Waals surface area contributed by atoms with Crippen LogP contribution in [-0.4, -0.2) is 16.0 Å². The number of rotatable bonds is 3. The average molecular weight is 244 g/mol. The lowest BCUT2D eigenvalue weighted by molar-refractivity contribution is 0.0960. The summed E-state index contributed by atoms with van der Waals surface area (Å²) in [6, 6.07) is 9.57. The monoisotopic (exact) mass is 244 g/mol. The molecule has 0 bridgehead atoms. The second-order valence-electron chi connectivity index (χ2n) is 3.54. The number of aromatic nitrogens is 1. The number of nitrogens with one attached hydrogen (secondary N) is 2. The smallest absolute Gasteiger partial charge is 0.273 e. The molecule has 0 unspecified atom stereocenters. The number of amides is 1. The lowest BCUT2D eigenvalue weighted by atomic mass is 10.2. The van der Waals surface area contributed by atoms with Gasteiger partial charge < -0.3 is 10.8 Å². The molecule has 2 rings (SSSR count). The van der Waals surface area contributed by atoms with E-state index in [-0.39, 0.29) is 11.3 Å². The summed E-state index contributed by atoms with van der Waals surface area (Å²) in [4.78, 5) is 15.7. The molecular weight excluding hydrogens is 232 g/mol. The van der Waals surface area contributed by atoms with E-state index in [2.05, 4.69) is 15.8 Å². The van der Waals surface area contributed by atoms with Crippen molar-refractivity contribution in [1.29, 1.82) is 0 Å². The van der Waals surface area contributed by atoms with E-state index in [1.54, 1.807) is 30.5 Å². The van der Waals surface area contributed by atoms with Crippen LogP contribution >= 0.6 is 0 Å². The summed E-state index contributed by atoms with van der Waals surface area (Å²) >= 11 is 0. The number of para-hydroxylation sites is 1. The highest BCUT2D eigenvalue weighted by atomic mass is 16.3. The number of anilines is 2. The van der Waals surface area contributed by atoms with Crippen molar-refractivity contribution in [2.75, 3.05) is 11.2 Å². The van der Waals surface area contributed by atoms with Gasteiger partial charge in [-0.25, -0.2) is 4.98 Å². The van der Waals surface area contributed by atoms with Gasteiger partial charge in [0.15, 0.2) is 5.82 Å². The molecular formula is C12H12N4O2. The standard InChI is InChI=1S/C12H12N4O2/c13-9-5-3-7-14-11(9)15-16-12(18)8-4-1-2-6-10(8)17/h1-7,17H,13H2,(H,14,15)(H,16,18). The second-order valence-corrected chi connectivity index (χ2v) is 3.54. The van der Waals surface area contributed by atoms with E-state index < -0.39 is 5.91 Å². The Bertz CT molecular complexity index is 572. The zero-order valence-corrected chi connectivity index (χ0v) is 9.42. The highest BCUT2D eigenvalue weighted by Gasteiger charge is 2.10. The van der Waals surface area contributed by atoms with Gasteiger partial charge in [0.05, 0.1) is 11.3 Å². The maximum absolute atomic E-state index is 11.7. The molecule has 0 fully saturated rings. The second kappa shape index (κ2) is 5.05. The third-order valence-electron chi connectivity index (χ3n) is 2.28. The van der Waals surface area contributed by atoms with Crippen LogP contribution in [0.3, 0.4) is 0 Å². The van der Waals surface area contributed by atoms with Crippen molar-refractivity contribution in [1.82, 2.24) is 10.4 Å². The molecule has 92 valence electrons. The number of hydrazine groups is 1. The van der Waals surface area contributed by atoms with Crippen molar-refractivity contribution in [2.24, 2.45) is 0 Å². The van der Waals surface area contributed by atoms with E-state index >= 15 is 0 Å². The van der Waals surface area contributed by atoms with Gasteiger partial charge in [-0.05, 0) is 24.3 Å². The Morgan fingerprint density at radius 3 is 2.72 bits per heavy atom. The molecule has 1 heterocycles. The van der Waals surface area contributed by atoms with E-state index in [1.165, 1.54) is 12.1 Å². The van der Waals surface area contributed by atoms with Crippen molar-refractivity contribution in [3.63, 3.8) is 0 Å². The third-order valence-corrected chi connectivity index (χ3v) is 2.28. The number of nitrogens with two attached hydrogens (primary N) is 1. The molecule has 0 saturated heterocycles. The first-order valence-corrected chi connectivity index (χ1v) is 5.23. The van der Waals surface area contributed by atoms with Gasteiger partial charge in [-0.3, -0.25) is 15.6 Å². The highest BCUT2D eigenvalue weighted by molar-refractivity contribution is 5.97. The zero-order valence-electron chi connectivity index (χ0n) is 9.42. The normalized spacial score (nSPS) is 9.78. The molecule has 1 aromatic carbocycles. The van der Waals surface area contributed by atoms with E-state index in [9.17, 15) is 9.90 Å². The molecule has 0 radical (unpaired) electrons. The van der Waals surface area contributed by atoms with E-state index in [4.69, 9.17) is 5.73 Å².